The molecule has 0 saturated carbocycles. The molecule has 0 bridgehead atoms. The number of guanidine groups is 1. The standard InChI is InChI=1S/C19H24FN5O4S/c1-3-21-19(24(2)14-15-6-4-7-16(20)12-15)22-10-11-23-30(28,29)18-9-5-8-17(13-18)25(26)27/h4-9,12-13,23H,3,10-11,14H2,1-2H3,(H,21,22). The number of non-ortho nitro benzene ring substituents is 1. The quantitative estimate of drug-likeness (QED) is 0.204. The highest BCUT2D eigenvalue weighted by atomic mass is 32.2. The average Bonchev–Trinajstić information content (AvgIpc) is 2.70. The topological polar surface area (TPSA) is 117 Å². The van der Waals surface area contributed by atoms with Gasteiger partial charge in [-0.05, 0) is 30.7 Å². The van der Waals surface area contributed by atoms with Crippen molar-refractivity contribution < 1.29 is 17.7 Å². The summed E-state index contributed by atoms with van der Waals surface area (Å²) in [6, 6.07) is 11.1. The van der Waals surface area contributed by atoms with Crippen LogP contribution in [0.15, 0.2) is 58.4 Å². The molecule has 30 heavy (non-hydrogen) atoms. The summed E-state index contributed by atoms with van der Waals surface area (Å²) in [6.45, 7) is 3.07. The molecule has 0 unspecified atom stereocenters. The molecule has 2 rings (SSSR count). The van der Waals surface area contributed by atoms with E-state index in [0.29, 0.717) is 19.0 Å². The molecule has 11 heteroatoms. The molecule has 9 nitrogen and oxygen atoms in total. The molecule has 2 aromatic rings. The van der Waals surface area contributed by atoms with Crippen LogP contribution in [-0.2, 0) is 16.6 Å². The van der Waals surface area contributed by atoms with E-state index < -0.39 is 14.9 Å². The molecule has 0 aromatic heterocycles. The van der Waals surface area contributed by atoms with E-state index in [2.05, 4.69) is 15.0 Å². The number of nitrogens with one attached hydrogen (secondary N) is 2. The van der Waals surface area contributed by atoms with Crippen molar-refractivity contribution in [2.75, 3.05) is 26.7 Å². The minimum absolute atomic E-state index is 0.00766. The molecule has 2 aromatic carbocycles. The summed E-state index contributed by atoms with van der Waals surface area (Å²) in [5.74, 6) is 0.217. The molecule has 2 N–H and O–H groups in total. The van der Waals surface area contributed by atoms with Crippen LogP contribution in [0.5, 0.6) is 0 Å². The fraction of sp³-hybridized carbons (Fsp3) is 0.316. The minimum Gasteiger partial charge on any atom is -0.357 e. The first-order chi connectivity index (χ1) is 14.2. The van der Waals surface area contributed by atoms with Crippen molar-refractivity contribution in [3.8, 4) is 0 Å². The van der Waals surface area contributed by atoms with Crippen LogP contribution in [0.1, 0.15) is 12.5 Å². The van der Waals surface area contributed by atoms with E-state index in [9.17, 15) is 22.9 Å². The summed E-state index contributed by atoms with van der Waals surface area (Å²) in [4.78, 5) is 16.2. The number of hydrogen-bond acceptors (Lipinski definition) is 5. The van der Waals surface area contributed by atoms with Crippen LogP contribution in [0, 0.1) is 15.9 Å². The molecule has 0 saturated heterocycles. The third kappa shape index (κ3) is 6.78. The van der Waals surface area contributed by atoms with Crippen molar-refractivity contribution in [3.05, 3.63) is 70.0 Å². The van der Waals surface area contributed by atoms with Crippen molar-refractivity contribution >= 4 is 21.7 Å². The number of halogens is 1. The van der Waals surface area contributed by atoms with Gasteiger partial charge in [0.1, 0.15) is 5.82 Å². The summed E-state index contributed by atoms with van der Waals surface area (Å²) in [5.41, 5.74) is 0.471. The van der Waals surface area contributed by atoms with Gasteiger partial charge < -0.3 is 10.2 Å². The van der Waals surface area contributed by atoms with E-state index in [0.717, 1.165) is 11.6 Å². The normalized spacial score (nSPS) is 11.9. The zero-order chi connectivity index (χ0) is 22.1. The molecule has 0 aliphatic rings. The van der Waals surface area contributed by atoms with E-state index in [1.165, 1.54) is 30.3 Å². The molecule has 0 aliphatic carbocycles. The second kappa shape index (κ2) is 10.6. The van der Waals surface area contributed by atoms with E-state index in [1.807, 2.05) is 6.92 Å². The predicted molar refractivity (Wildman–Crippen MR) is 112 cm³/mol. The SMILES string of the molecule is CCNC(=NCCNS(=O)(=O)c1cccc([N+](=O)[O-])c1)N(C)Cc1cccc(F)c1. The van der Waals surface area contributed by atoms with Crippen LogP contribution in [0.25, 0.3) is 0 Å². The van der Waals surface area contributed by atoms with Crippen molar-refractivity contribution in [2.45, 2.75) is 18.4 Å². The van der Waals surface area contributed by atoms with E-state index in [1.54, 1.807) is 24.1 Å². The average molecular weight is 437 g/mol. The van der Waals surface area contributed by atoms with E-state index in [-0.39, 0.29) is 29.5 Å². The fourth-order valence-electron chi connectivity index (χ4n) is 2.64. The van der Waals surface area contributed by atoms with Crippen LogP contribution in [0.4, 0.5) is 10.1 Å². The van der Waals surface area contributed by atoms with Gasteiger partial charge in [0.05, 0.1) is 16.4 Å². The van der Waals surface area contributed by atoms with Gasteiger partial charge in [0.2, 0.25) is 10.0 Å². The Kier molecular flexibility index (Phi) is 8.25. The van der Waals surface area contributed by atoms with Crippen LogP contribution in [-0.4, -0.2) is 50.9 Å². The molecule has 0 fully saturated rings. The maximum Gasteiger partial charge on any atom is 0.270 e. The van der Waals surface area contributed by atoms with Crippen LogP contribution >= 0.6 is 0 Å². The Labute approximate surface area is 174 Å². The molecule has 162 valence electrons. The van der Waals surface area contributed by atoms with Gasteiger partial charge in [-0.2, -0.15) is 0 Å². The number of nitro groups is 1. The number of aliphatic imine (C=N–C) groups is 1. The van der Waals surface area contributed by atoms with Gasteiger partial charge in [-0.1, -0.05) is 18.2 Å². The molecule has 0 radical (unpaired) electrons. The van der Waals surface area contributed by atoms with E-state index >= 15 is 0 Å². The smallest absolute Gasteiger partial charge is 0.270 e. The highest BCUT2D eigenvalue weighted by Crippen LogP contribution is 2.16. The van der Waals surface area contributed by atoms with Crippen LogP contribution in [0.2, 0.25) is 0 Å². The van der Waals surface area contributed by atoms with Gasteiger partial charge in [0.25, 0.3) is 5.69 Å². The lowest BCUT2D eigenvalue weighted by Gasteiger charge is -2.22. The van der Waals surface area contributed by atoms with Gasteiger partial charge >= 0.3 is 0 Å². The number of rotatable bonds is 9. The molecule has 0 amide bonds. The third-order valence-corrected chi connectivity index (χ3v) is 5.47. The Morgan fingerprint density at radius 1 is 1.23 bits per heavy atom. The van der Waals surface area contributed by atoms with Gasteiger partial charge in [-0.15, -0.1) is 0 Å². The fourth-order valence-corrected chi connectivity index (χ4v) is 3.70. The number of hydrogen-bond donors (Lipinski definition) is 2. The minimum atomic E-state index is -3.90. The Hall–Kier alpha value is -3.05. The lowest BCUT2D eigenvalue weighted by Crippen LogP contribution is -2.39. The molecule has 0 spiro atoms. The first kappa shape index (κ1) is 23.2. The second-order valence-electron chi connectivity index (χ2n) is 6.37. The summed E-state index contributed by atoms with van der Waals surface area (Å²) < 4.78 is 40.4. The maximum atomic E-state index is 13.4. The van der Waals surface area contributed by atoms with Crippen molar-refractivity contribution in [1.29, 1.82) is 0 Å². The first-order valence-electron chi connectivity index (χ1n) is 9.21. The van der Waals surface area contributed by atoms with Gasteiger partial charge in [-0.25, -0.2) is 17.5 Å². The third-order valence-electron chi connectivity index (χ3n) is 4.01. The zero-order valence-corrected chi connectivity index (χ0v) is 17.5. The second-order valence-corrected chi connectivity index (χ2v) is 8.14. The Balaban J connectivity index is 1.99. The lowest BCUT2D eigenvalue weighted by molar-refractivity contribution is -0.385. The number of nitro benzene ring substituents is 1. The summed E-state index contributed by atoms with van der Waals surface area (Å²) in [6.07, 6.45) is 0. The monoisotopic (exact) mass is 437 g/mol. The lowest BCUT2D eigenvalue weighted by atomic mass is 10.2. The summed E-state index contributed by atoms with van der Waals surface area (Å²) in [7, 11) is -2.11. The van der Waals surface area contributed by atoms with Crippen LogP contribution in [0.3, 0.4) is 0 Å². The van der Waals surface area contributed by atoms with Gasteiger partial charge in [0, 0.05) is 38.8 Å². The Bertz CT molecular complexity index is 1010. The van der Waals surface area contributed by atoms with E-state index in [4.69, 9.17) is 0 Å². The number of nitrogens with zero attached hydrogens (tertiary/aromatic N) is 3. The highest BCUT2D eigenvalue weighted by molar-refractivity contribution is 7.89. The summed E-state index contributed by atoms with van der Waals surface area (Å²) in [5, 5.41) is 13.9. The summed E-state index contributed by atoms with van der Waals surface area (Å²) >= 11 is 0. The van der Waals surface area contributed by atoms with Gasteiger partial charge in [-0.3, -0.25) is 15.1 Å². The number of benzene rings is 2. The largest absolute Gasteiger partial charge is 0.357 e. The Morgan fingerprint density at radius 3 is 2.63 bits per heavy atom. The molecule has 0 atom stereocenters. The highest BCUT2D eigenvalue weighted by Gasteiger charge is 2.17. The van der Waals surface area contributed by atoms with Crippen molar-refractivity contribution in [1.82, 2.24) is 14.9 Å². The Morgan fingerprint density at radius 2 is 1.97 bits per heavy atom. The first-order valence-corrected chi connectivity index (χ1v) is 10.7. The molecular formula is C19H24FN5O4S. The molecule has 0 aliphatic heterocycles. The van der Waals surface area contributed by atoms with Crippen molar-refractivity contribution in [2.24, 2.45) is 4.99 Å². The van der Waals surface area contributed by atoms with Crippen LogP contribution < -0.4 is 10.0 Å². The molecule has 0 heterocycles. The van der Waals surface area contributed by atoms with Gasteiger partial charge in [0.15, 0.2) is 5.96 Å². The van der Waals surface area contributed by atoms with Crippen molar-refractivity contribution in [3.63, 3.8) is 0 Å². The number of sulfonamides is 1. The zero-order valence-electron chi connectivity index (χ0n) is 16.7. The maximum absolute atomic E-state index is 13.4. The molecular weight excluding hydrogens is 413 g/mol. The predicted octanol–water partition coefficient (Wildman–Crippen LogP) is 2.11.